The normalized spacial score (nSPS) is 10.3. The molecule has 0 spiro atoms. The average molecular weight is 259 g/mol. The Morgan fingerprint density at radius 3 is 2.39 bits per heavy atom. The molecule has 0 aliphatic heterocycles. The lowest BCUT2D eigenvalue weighted by Gasteiger charge is -2.08. The Morgan fingerprint density at radius 2 is 1.83 bits per heavy atom. The van der Waals surface area contributed by atoms with Crippen LogP contribution in [0.1, 0.15) is 21.5 Å². The summed E-state index contributed by atoms with van der Waals surface area (Å²) in [7, 11) is 0. The summed E-state index contributed by atoms with van der Waals surface area (Å²) < 4.78 is 0.253. The van der Waals surface area contributed by atoms with E-state index in [1.807, 2.05) is 38.1 Å². The van der Waals surface area contributed by atoms with Gasteiger partial charge in [-0.1, -0.05) is 42.0 Å². The van der Waals surface area contributed by atoms with Gasteiger partial charge in [-0.3, -0.25) is 0 Å². The third kappa shape index (κ3) is 2.33. The molecule has 0 fully saturated rings. The third-order valence-corrected chi connectivity index (χ3v) is 3.13. The number of aryl methyl sites for hydroxylation is 2. The minimum atomic E-state index is -1.00. The lowest BCUT2D eigenvalue weighted by Crippen LogP contribution is -2.01. The molecule has 3 nitrogen and oxygen atoms in total. The monoisotopic (exact) mass is 259 g/mol. The maximum absolute atomic E-state index is 11.0. The molecule has 0 bridgehead atoms. The fraction of sp³-hybridized carbons (Fsp3) is 0.143. The van der Waals surface area contributed by atoms with Gasteiger partial charge in [0.1, 0.15) is 4.64 Å². The Labute approximate surface area is 110 Å². The standard InChI is InChI=1S/C14H13NO2S/c1-8-3-5-10(6-4-8)12-9(2)7-11(14(16)17)13(18)15-12/h3-7H,1-2H3,(H,15,18)(H,16,17). The lowest BCUT2D eigenvalue weighted by atomic mass is 10.0. The number of hydrogen-bond acceptors (Lipinski definition) is 2. The summed E-state index contributed by atoms with van der Waals surface area (Å²) in [5.74, 6) is -1.00. The summed E-state index contributed by atoms with van der Waals surface area (Å²) in [5, 5.41) is 9.00. The number of hydrogen-bond donors (Lipinski definition) is 2. The molecule has 0 atom stereocenters. The number of benzene rings is 1. The predicted octanol–water partition coefficient (Wildman–Crippen LogP) is 3.73. The van der Waals surface area contributed by atoms with Crippen LogP contribution >= 0.6 is 12.2 Å². The molecule has 4 heteroatoms. The van der Waals surface area contributed by atoms with Gasteiger partial charge in [0, 0.05) is 5.69 Å². The summed E-state index contributed by atoms with van der Waals surface area (Å²) in [6.07, 6.45) is 0. The summed E-state index contributed by atoms with van der Waals surface area (Å²) in [6.45, 7) is 3.89. The number of aromatic carboxylic acids is 1. The number of H-pyrrole nitrogens is 1. The highest BCUT2D eigenvalue weighted by Gasteiger charge is 2.10. The van der Waals surface area contributed by atoms with Crippen molar-refractivity contribution in [2.75, 3.05) is 0 Å². The van der Waals surface area contributed by atoms with Crippen LogP contribution in [0.4, 0.5) is 0 Å². The number of rotatable bonds is 2. The van der Waals surface area contributed by atoms with Crippen molar-refractivity contribution in [2.45, 2.75) is 13.8 Å². The van der Waals surface area contributed by atoms with Gasteiger partial charge in [-0.2, -0.15) is 0 Å². The Balaban J connectivity index is 2.60. The van der Waals surface area contributed by atoms with Crippen LogP contribution in [-0.2, 0) is 0 Å². The van der Waals surface area contributed by atoms with Crippen LogP contribution in [-0.4, -0.2) is 16.1 Å². The van der Waals surface area contributed by atoms with Gasteiger partial charge < -0.3 is 10.1 Å². The highest BCUT2D eigenvalue weighted by atomic mass is 32.1. The molecule has 0 radical (unpaired) electrons. The highest BCUT2D eigenvalue weighted by molar-refractivity contribution is 7.71. The van der Waals surface area contributed by atoms with E-state index >= 15 is 0 Å². The maximum Gasteiger partial charge on any atom is 0.338 e. The zero-order chi connectivity index (χ0) is 13.3. The van der Waals surface area contributed by atoms with Crippen LogP contribution < -0.4 is 0 Å². The quantitative estimate of drug-likeness (QED) is 0.808. The average Bonchev–Trinajstić information content (AvgIpc) is 2.32. The molecule has 1 aromatic carbocycles. The minimum absolute atomic E-state index is 0.137. The van der Waals surface area contributed by atoms with E-state index in [9.17, 15) is 4.79 Å². The van der Waals surface area contributed by atoms with Gasteiger partial charge in [0.05, 0.1) is 5.56 Å². The molecule has 92 valence electrons. The Kier molecular flexibility index (Phi) is 3.30. The van der Waals surface area contributed by atoms with Crippen LogP contribution in [0.5, 0.6) is 0 Å². The van der Waals surface area contributed by atoms with Gasteiger partial charge in [-0.05, 0) is 31.0 Å². The van der Waals surface area contributed by atoms with Crippen molar-refractivity contribution in [3.8, 4) is 11.3 Å². The van der Waals surface area contributed by atoms with Gasteiger partial charge in [0.25, 0.3) is 0 Å². The summed E-state index contributed by atoms with van der Waals surface area (Å²) in [4.78, 5) is 14.0. The van der Waals surface area contributed by atoms with E-state index in [0.717, 1.165) is 16.8 Å². The van der Waals surface area contributed by atoms with Crippen LogP contribution in [0, 0.1) is 18.5 Å². The fourth-order valence-corrected chi connectivity index (χ4v) is 2.06. The van der Waals surface area contributed by atoms with Gasteiger partial charge >= 0.3 is 5.97 Å². The Morgan fingerprint density at radius 1 is 1.22 bits per heavy atom. The van der Waals surface area contributed by atoms with Crippen LogP contribution in [0.3, 0.4) is 0 Å². The smallest absolute Gasteiger partial charge is 0.338 e. The minimum Gasteiger partial charge on any atom is -0.478 e. The number of nitrogens with one attached hydrogen (secondary N) is 1. The highest BCUT2D eigenvalue weighted by Crippen LogP contribution is 2.22. The van der Waals surface area contributed by atoms with Crippen molar-refractivity contribution in [3.63, 3.8) is 0 Å². The SMILES string of the molecule is Cc1ccc(-c2[nH]c(=S)c(C(=O)O)cc2C)cc1. The first-order valence-electron chi connectivity index (χ1n) is 5.53. The van der Waals surface area contributed by atoms with E-state index in [2.05, 4.69) is 4.98 Å². The first-order valence-corrected chi connectivity index (χ1v) is 5.94. The van der Waals surface area contributed by atoms with Crippen LogP contribution in [0.2, 0.25) is 0 Å². The van der Waals surface area contributed by atoms with E-state index in [-0.39, 0.29) is 10.2 Å². The van der Waals surface area contributed by atoms with Crippen molar-refractivity contribution < 1.29 is 9.90 Å². The number of carbonyl (C=O) groups is 1. The number of carboxylic acids is 1. The molecule has 0 aliphatic rings. The summed E-state index contributed by atoms with van der Waals surface area (Å²) in [5.41, 5.74) is 4.05. The second-order valence-corrected chi connectivity index (χ2v) is 4.65. The zero-order valence-corrected chi connectivity index (χ0v) is 11.0. The topological polar surface area (TPSA) is 53.1 Å². The van der Waals surface area contributed by atoms with E-state index in [0.29, 0.717) is 0 Å². The van der Waals surface area contributed by atoms with E-state index in [1.54, 1.807) is 6.07 Å². The number of pyridine rings is 1. The fourth-order valence-electron chi connectivity index (χ4n) is 1.81. The molecule has 0 aliphatic carbocycles. The second kappa shape index (κ2) is 4.74. The number of aromatic nitrogens is 1. The molecule has 0 unspecified atom stereocenters. The zero-order valence-electron chi connectivity index (χ0n) is 10.2. The first kappa shape index (κ1) is 12.5. The molecule has 0 saturated carbocycles. The van der Waals surface area contributed by atoms with Crippen molar-refractivity contribution in [3.05, 3.63) is 51.7 Å². The van der Waals surface area contributed by atoms with Crippen molar-refractivity contribution in [1.82, 2.24) is 4.98 Å². The summed E-state index contributed by atoms with van der Waals surface area (Å²) >= 11 is 5.06. The molecule has 1 aromatic heterocycles. The molecule has 1 heterocycles. The first-order chi connectivity index (χ1) is 8.49. The van der Waals surface area contributed by atoms with E-state index in [4.69, 9.17) is 17.3 Å². The predicted molar refractivity (Wildman–Crippen MR) is 73.5 cm³/mol. The molecule has 0 amide bonds. The van der Waals surface area contributed by atoms with Gasteiger partial charge in [0.2, 0.25) is 0 Å². The van der Waals surface area contributed by atoms with Crippen LogP contribution in [0.25, 0.3) is 11.3 Å². The van der Waals surface area contributed by atoms with Gasteiger partial charge in [-0.25, -0.2) is 4.79 Å². The lowest BCUT2D eigenvalue weighted by molar-refractivity contribution is 0.0695. The Bertz CT molecular complexity index is 656. The molecule has 0 saturated heterocycles. The van der Waals surface area contributed by atoms with E-state index < -0.39 is 5.97 Å². The largest absolute Gasteiger partial charge is 0.478 e. The molecule has 2 aromatic rings. The number of carboxylic acid groups (broad SMARTS) is 1. The molecule has 2 rings (SSSR count). The third-order valence-electron chi connectivity index (χ3n) is 2.81. The molecule has 2 N–H and O–H groups in total. The number of aromatic amines is 1. The summed E-state index contributed by atoms with van der Waals surface area (Å²) in [6, 6.07) is 9.61. The molecular weight excluding hydrogens is 246 g/mol. The van der Waals surface area contributed by atoms with Crippen molar-refractivity contribution in [1.29, 1.82) is 0 Å². The molecule has 18 heavy (non-hydrogen) atoms. The van der Waals surface area contributed by atoms with Crippen molar-refractivity contribution >= 4 is 18.2 Å². The maximum atomic E-state index is 11.0. The van der Waals surface area contributed by atoms with Crippen LogP contribution in [0.15, 0.2) is 30.3 Å². The van der Waals surface area contributed by atoms with E-state index in [1.165, 1.54) is 5.56 Å². The molecular formula is C14H13NO2S. The Hall–Kier alpha value is -1.94. The second-order valence-electron chi connectivity index (χ2n) is 4.24. The van der Waals surface area contributed by atoms with Gasteiger partial charge in [-0.15, -0.1) is 0 Å². The van der Waals surface area contributed by atoms with Gasteiger partial charge in [0.15, 0.2) is 0 Å². The van der Waals surface area contributed by atoms with Crippen molar-refractivity contribution in [2.24, 2.45) is 0 Å².